The third-order valence-electron chi connectivity index (χ3n) is 4.02. The van der Waals surface area contributed by atoms with Crippen LogP contribution in [-0.4, -0.2) is 32.1 Å². The monoisotopic (exact) mass is 273 g/mol. The lowest BCUT2D eigenvalue weighted by Crippen LogP contribution is -2.29. The van der Waals surface area contributed by atoms with Crippen molar-refractivity contribution in [2.45, 2.75) is 25.7 Å². The molecule has 1 aliphatic heterocycles. The minimum atomic E-state index is 0.0456. The maximum Gasteiger partial charge on any atom is 0.238 e. The molecule has 0 unspecified atom stereocenters. The molecule has 3 rings (SSSR count). The van der Waals surface area contributed by atoms with Crippen molar-refractivity contribution in [2.24, 2.45) is 5.92 Å². The van der Waals surface area contributed by atoms with Crippen molar-refractivity contribution >= 4 is 17.3 Å². The number of carbonyl (C=O) groups is 1. The highest BCUT2D eigenvalue weighted by molar-refractivity contribution is 5.92. The number of carbonyl (C=O) groups excluding carboxylic acids is 1. The van der Waals surface area contributed by atoms with Gasteiger partial charge in [-0.2, -0.15) is 0 Å². The Hall–Kier alpha value is -1.55. The molecule has 1 saturated carbocycles. The Kier molecular flexibility index (Phi) is 4.21. The largest absolute Gasteiger partial charge is 0.371 e. The highest BCUT2D eigenvalue weighted by Gasteiger charge is 2.20. The lowest BCUT2D eigenvalue weighted by molar-refractivity contribution is -0.115. The van der Waals surface area contributed by atoms with E-state index in [0.29, 0.717) is 6.54 Å². The second-order valence-electron chi connectivity index (χ2n) is 5.87. The van der Waals surface area contributed by atoms with Gasteiger partial charge >= 0.3 is 0 Å². The fraction of sp³-hybridized carbons (Fsp3) is 0.562. The molecule has 1 heterocycles. The summed E-state index contributed by atoms with van der Waals surface area (Å²) in [6.07, 6.45) is 5.16. The summed E-state index contributed by atoms with van der Waals surface area (Å²) in [7, 11) is 0. The Labute approximate surface area is 120 Å². The van der Waals surface area contributed by atoms with E-state index in [-0.39, 0.29) is 5.91 Å². The Morgan fingerprint density at radius 1 is 1.25 bits per heavy atom. The Bertz CT molecular complexity index is 465. The predicted octanol–water partition coefficient (Wildman–Crippen LogP) is 2.22. The number of anilines is 2. The number of benzene rings is 1. The molecule has 2 fully saturated rings. The molecule has 1 aromatic carbocycles. The quantitative estimate of drug-likeness (QED) is 0.835. The van der Waals surface area contributed by atoms with Crippen molar-refractivity contribution in [1.29, 1.82) is 0 Å². The molecule has 2 N–H and O–H groups in total. The van der Waals surface area contributed by atoms with E-state index < -0.39 is 0 Å². The maximum atomic E-state index is 11.9. The number of rotatable bonds is 6. The first kappa shape index (κ1) is 13.4. The number of hydrogen-bond donors (Lipinski definition) is 2. The van der Waals surface area contributed by atoms with E-state index >= 15 is 0 Å². The predicted molar refractivity (Wildman–Crippen MR) is 82.1 cm³/mol. The summed E-state index contributed by atoms with van der Waals surface area (Å²) in [5.41, 5.74) is 2.11. The van der Waals surface area contributed by atoms with Crippen LogP contribution < -0.4 is 15.5 Å². The van der Waals surface area contributed by atoms with Crippen LogP contribution in [0.4, 0.5) is 11.4 Å². The van der Waals surface area contributed by atoms with E-state index in [1.165, 1.54) is 31.4 Å². The molecule has 1 saturated heterocycles. The standard InChI is InChI=1S/C16H23N3O/c20-16(12-17-11-13-6-7-13)18-14-4-3-5-15(10-14)19-8-1-2-9-19/h3-5,10,13,17H,1-2,6-9,11-12H2,(H,18,20). The highest BCUT2D eigenvalue weighted by Crippen LogP contribution is 2.27. The number of nitrogens with one attached hydrogen (secondary N) is 2. The molecule has 0 atom stereocenters. The van der Waals surface area contributed by atoms with Gasteiger partial charge in [0.05, 0.1) is 6.54 Å². The van der Waals surface area contributed by atoms with Gasteiger partial charge in [-0.3, -0.25) is 4.79 Å². The van der Waals surface area contributed by atoms with Crippen LogP contribution in [0.2, 0.25) is 0 Å². The van der Waals surface area contributed by atoms with Gasteiger partial charge < -0.3 is 15.5 Å². The molecule has 2 aliphatic rings. The van der Waals surface area contributed by atoms with Crippen LogP contribution in [0.1, 0.15) is 25.7 Å². The molecule has 0 aromatic heterocycles. The first-order valence-corrected chi connectivity index (χ1v) is 7.67. The third-order valence-corrected chi connectivity index (χ3v) is 4.02. The Morgan fingerprint density at radius 2 is 2.05 bits per heavy atom. The second kappa shape index (κ2) is 6.27. The summed E-state index contributed by atoms with van der Waals surface area (Å²) in [5, 5.41) is 6.19. The van der Waals surface area contributed by atoms with E-state index in [1.807, 2.05) is 12.1 Å². The van der Waals surface area contributed by atoms with Gasteiger partial charge in [0.15, 0.2) is 0 Å². The molecular formula is C16H23N3O. The molecule has 4 heteroatoms. The highest BCUT2D eigenvalue weighted by atomic mass is 16.1. The molecule has 1 amide bonds. The lowest BCUT2D eigenvalue weighted by atomic mass is 10.2. The van der Waals surface area contributed by atoms with Crippen LogP contribution >= 0.6 is 0 Å². The fourth-order valence-electron chi connectivity index (χ4n) is 2.67. The average molecular weight is 273 g/mol. The van der Waals surface area contributed by atoms with Gasteiger partial charge in [0.1, 0.15) is 0 Å². The van der Waals surface area contributed by atoms with E-state index in [9.17, 15) is 4.79 Å². The van der Waals surface area contributed by atoms with Crippen LogP contribution in [0, 0.1) is 5.92 Å². The van der Waals surface area contributed by atoms with Gasteiger partial charge in [0.25, 0.3) is 0 Å². The maximum absolute atomic E-state index is 11.9. The molecule has 0 radical (unpaired) electrons. The molecule has 0 spiro atoms. The topological polar surface area (TPSA) is 44.4 Å². The lowest BCUT2D eigenvalue weighted by Gasteiger charge is -2.18. The summed E-state index contributed by atoms with van der Waals surface area (Å²) in [6.45, 7) is 3.63. The zero-order chi connectivity index (χ0) is 13.8. The first-order chi connectivity index (χ1) is 9.81. The summed E-state index contributed by atoms with van der Waals surface area (Å²) in [6, 6.07) is 8.16. The summed E-state index contributed by atoms with van der Waals surface area (Å²) in [5.74, 6) is 0.852. The summed E-state index contributed by atoms with van der Waals surface area (Å²) in [4.78, 5) is 14.2. The zero-order valence-corrected chi connectivity index (χ0v) is 11.9. The van der Waals surface area contributed by atoms with Crippen molar-refractivity contribution in [1.82, 2.24) is 5.32 Å². The minimum Gasteiger partial charge on any atom is -0.371 e. The second-order valence-corrected chi connectivity index (χ2v) is 5.87. The molecular weight excluding hydrogens is 250 g/mol. The third kappa shape index (κ3) is 3.73. The van der Waals surface area contributed by atoms with Crippen LogP contribution in [-0.2, 0) is 4.79 Å². The number of hydrogen-bond acceptors (Lipinski definition) is 3. The van der Waals surface area contributed by atoms with E-state index in [0.717, 1.165) is 31.2 Å². The molecule has 4 nitrogen and oxygen atoms in total. The van der Waals surface area contributed by atoms with Crippen LogP contribution in [0.25, 0.3) is 0 Å². The van der Waals surface area contributed by atoms with Crippen molar-refractivity contribution < 1.29 is 4.79 Å². The SMILES string of the molecule is O=C(CNCC1CC1)Nc1cccc(N2CCCC2)c1. The van der Waals surface area contributed by atoms with Gasteiger partial charge in [-0.1, -0.05) is 6.07 Å². The van der Waals surface area contributed by atoms with E-state index in [2.05, 4.69) is 27.7 Å². The van der Waals surface area contributed by atoms with Crippen molar-refractivity contribution in [3.63, 3.8) is 0 Å². The van der Waals surface area contributed by atoms with Crippen LogP contribution in [0.5, 0.6) is 0 Å². The van der Waals surface area contributed by atoms with Crippen molar-refractivity contribution in [2.75, 3.05) is 36.4 Å². The van der Waals surface area contributed by atoms with Crippen LogP contribution in [0.3, 0.4) is 0 Å². The molecule has 1 aromatic rings. The average Bonchev–Trinajstić information content (AvgIpc) is 3.10. The van der Waals surface area contributed by atoms with Gasteiger partial charge in [-0.25, -0.2) is 0 Å². The normalized spacial score (nSPS) is 18.3. The van der Waals surface area contributed by atoms with E-state index in [1.54, 1.807) is 0 Å². The molecule has 0 bridgehead atoms. The van der Waals surface area contributed by atoms with E-state index in [4.69, 9.17) is 0 Å². The van der Waals surface area contributed by atoms with Gasteiger partial charge in [0, 0.05) is 24.5 Å². The molecule has 20 heavy (non-hydrogen) atoms. The van der Waals surface area contributed by atoms with Gasteiger partial charge in [0.2, 0.25) is 5.91 Å². The summed E-state index contributed by atoms with van der Waals surface area (Å²) >= 11 is 0. The number of amides is 1. The Morgan fingerprint density at radius 3 is 2.80 bits per heavy atom. The fourth-order valence-corrected chi connectivity index (χ4v) is 2.67. The van der Waals surface area contributed by atoms with Crippen molar-refractivity contribution in [3.05, 3.63) is 24.3 Å². The zero-order valence-electron chi connectivity index (χ0n) is 11.9. The molecule has 1 aliphatic carbocycles. The number of nitrogens with zero attached hydrogens (tertiary/aromatic N) is 1. The minimum absolute atomic E-state index is 0.0456. The van der Waals surface area contributed by atoms with Gasteiger partial charge in [-0.05, 0) is 56.3 Å². The first-order valence-electron chi connectivity index (χ1n) is 7.67. The smallest absolute Gasteiger partial charge is 0.238 e. The van der Waals surface area contributed by atoms with Crippen molar-refractivity contribution in [3.8, 4) is 0 Å². The van der Waals surface area contributed by atoms with Gasteiger partial charge in [-0.15, -0.1) is 0 Å². The Balaban J connectivity index is 1.50. The molecule has 108 valence electrons. The van der Waals surface area contributed by atoms with Crippen LogP contribution in [0.15, 0.2) is 24.3 Å². The summed E-state index contributed by atoms with van der Waals surface area (Å²) < 4.78 is 0.